The molecule has 1 aliphatic rings. The van der Waals surface area contributed by atoms with Gasteiger partial charge >= 0.3 is 11.9 Å². The fourth-order valence-corrected chi connectivity index (χ4v) is 5.04. The molecule has 0 aliphatic heterocycles. The Kier molecular flexibility index (Phi) is 7.10. The van der Waals surface area contributed by atoms with Crippen LogP contribution in [0.25, 0.3) is 0 Å². The third-order valence-corrected chi connectivity index (χ3v) is 11.0. The molecule has 26 heavy (non-hydrogen) atoms. The summed E-state index contributed by atoms with van der Waals surface area (Å²) in [5.74, 6) is -5.07. The molecule has 2 atom stereocenters. The average molecular weight is 389 g/mol. The number of hydrogen-bond donors (Lipinski definition) is 3. The first kappa shape index (κ1) is 23.1. The zero-order valence-electron chi connectivity index (χ0n) is 17.2. The Hall–Kier alpha value is -0.923. The van der Waals surface area contributed by atoms with Crippen LogP contribution in [0.4, 0.5) is 0 Å². The van der Waals surface area contributed by atoms with E-state index in [1.54, 1.807) is 13.8 Å². The van der Waals surface area contributed by atoms with E-state index in [0.29, 0.717) is 25.7 Å². The van der Waals surface area contributed by atoms with Crippen molar-refractivity contribution in [2.75, 3.05) is 0 Å². The van der Waals surface area contributed by atoms with Crippen molar-refractivity contribution in [3.05, 3.63) is 0 Å². The fraction of sp³-hybridized carbons (Fsp3) is 0.895. The van der Waals surface area contributed by atoms with Crippen molar-refractivity contribution in [3.63, 3.8) is 0 Å². The quantitative estimate of drug-likeness (QED) is 0.574. The monoisotopic (exact) mass is 388 g/mol. The molecular weight excluding hydrogens is 352 g/mol. The highest BCUT2D eigenvalue weighted by molar-refractivity contribution is 6.74. The number of carboxylic acids is 2. The van der Waals surface area contributed by atoms with Crippen LogP contribution in [0.3, 0.4) is 0 Å². The van der Waals surface area contributed by atoms with Crippen molar-refractivity contribution in [2.45, 2.75) is 90.1 Å². The molecule has 0 heterocycles. The number of carbonyl (C=O) groups is 2. The molecule has 1 fully saturated rings. The van der Waals surface area contributed by atoms with E-state index in [-0.39, 0.29) is 17.1 Å². The van der Waals surface area contributed by atoms with Crippen molar-refractivity contribution >= 4 is 20.3 Å². The summed E-state index contributed by atoms with van der Waals surface area (Å²) >= 11 is 0. The van der Waals surface area contributed by atoms with Crippen molar-refractivity contribution in [1.29, 1.82) is 0 Å². The molecule has 1 rings (SSSR count). The van der Waals surface area contributed by atoms with Gasteiger partial charge in [0.05, 0.1) is 5.92 Å². The second kappa shape index (κ2) is 7.98. The van der Waals surface area contributed by atoms with Gasteiger partial charge in [-0.1, -0.05) is 34.6 Å². The maximum absolute atomic E-state index is 11.8. The Balaban J connectivity index is 2.90. The zero-order chi connectivity index (χ0) is 20.5. The number of rotatable bonds is 7. The van der Waals surface area contributed by atoms with Crippen molar-refractivity contribution < 1.29 is 29.3 Å². The standard InChI is InChI=1S/C19H36O6Si/c1-12(2)19(24,17(22)23)15(16(20)21)13-8-10-14(11-9-13)25-26(6,7)18(3,4)5/h12-15,24H,8-11H2,1-7H3,(H,20,21)(H,22,23). The second-order valence-electron chi connectivity index (χ2n) is 9.52. The molecular formula is C19H36O6Si. The van der Waals surface area contributed by atoms with Crippen LogP contribution < -0.4 is 0 Å². The third kappa shape index (κ3) is 4.67. The average Bonchev–Trinajstić information content (AvgIpc) is 2.46. The van der Waals surface area contributed by atoms with Gasteiger partial charge in [0.25, 0.3) is 0 Å². The summed E-state index contributed by atoms with van der Waals surface area (Å²) in [6.45, 7) is 14.0. The minimum Gasteiger partial charge on any atom is -0.481 e. The van der Waals surface area contributed by atoms with Crippen molar-refractivity contribution in [2.24, 2.45) is 17.8 Å². The molecule has 152 valence electrons. The van der Waals surface area contributed by atoms with E-state index in [2.05, 4.69) is 33.9 Å². The lowest BCUT2D eigenvalue weighted by molar-refractivity contribution is -0.186. The molecule has 2 unspecified atom stereocenters. The van der Waals surface area contributed by atoms with Crippen LogP contribution in [0.15, 0.2) is 0 Å². The lowest BCUT2D eigenvalue weighted by Gasteiger charge is -2.43. The highest BCUT2D eigenvalue weighted by Crippen LogP contribution is 2.43. The number of aliphatic carboxylic acids is 2. The first-order valence-corrected chi connectivity index (χ1v) is 12.4. The smallest absolute Gasteiger partial charge is 0.336 e. The summed E-state index contributed by atoms with van der Waals surface area (Å²) < 4.78 is 6.42. The SMILES string of the molecule is CC(C)C(O)(C(=O)O)C(C(=O)O)C1CCC(O[Si](C)(C)C(C)(C)C)CC1. The van der Waals surface area contributed by atoms with Gasteiger partial charge in [0.15, 0.2) is 13.9 Å². The highest BCUT2D eigenvalue weighted by Gasteiger charge is 2.54. The molecule has 0 aromatic heterocycles. The van der Waals surface area contributed by atoms with E-state index < -0.39 is 37.7 Å². The lowest BCUT2D eigenvalue weighted by Crippen LogP contribution is -2.56. The van der Waals surface area contributed by atoms with E-state index in [4.69, 9.17) is 4.43 Å². The zero-order valence-corrected chi connectivity index (χ0v) is 18.2. The molecule has 1 saturated carbocycles. The van der Waals surface area contributed by atoms with Crippen molar-refractivity contribution in [3.8, 4) is 0 Å². The van der Waals surface area contributed by atoms with Gasteiger partial charge in [-0.3, -0.25) is 4.79 Å². The largest absolute Gasteiger partial charge is 0.481 e. The Bertz CT molecular complexity index is 517. The van der Waals surface area contributed by atoms with Crippen LogP contribution in [0.5, 0.6) is 0 Å². The Morgan fingerprint density at radius 1 is 1.04 bits per heavy atom. The molecule has 0 amide bonds. The molecule has 1 aliphatic carbocycles. The van der Waals surface area contributed by atoms with E-state index in [1.165, 1.54) is 0 Å². The van der Waals surface area contributed by atoms with E-state index in [1.807, 2.05) is 0 Å². The van der Waals surface area contributed by atoms with Crippen LogP contribution in [-0.2, 0) is 14.0 Å². The lowest BCUT2D eigenvalue weighted by atomic mass is 9.67. The number of aliphatic hydroxyl groups is 1. The van der Waals surface area contributed by atoms with Gasteiger partial charge in [0.1, 0.15) is 0 Å². The van der Waals surface area contributed by atoms with Crippen LogP contribution >= 0.6 is 0 Å². The van der Waals surface area contributed by atoms with E-state index in [0.717, 1.165) is 0 Å². The Morgan fingerprint density at radius 3 is 1.81 bits per heavy atom. The molecule has 3 N–H and O–H groups in total. The summed E-state index contributed by atoms with van der Waals surface area (Å²) in [5, 5.41) is 30.0. The third-order valence-electron chi connectivity index (χ3n) is 6.42. The predicted octanol–water partition coefficient (Wildman–Crippen LogP) is 3.74. The Morgan fingerprint density at radius 2 is 1.50 bits per heavy atom. The molecule has 0 aromatic carbocycles. The summed E-state index contributed by atoms with van der Waals surface area (Å²) in [5.41, 5.74) is -2.26. The van der Waals surface area contributed by atoms with Crippen LogP contribution in [0, 0.1) is 17.8 Å². The summed E-state index contributed by atoms with van der Waals surface area (Å²) in [4.78, 5) is 23.5. The maximum atomic E-state index is 11.8. The van der Waals surface area contributed by atoms with Crippen LogP contribution in [0.1, 0.15) is 60.3 Å². The first-order chi connectivity index (χ1) is 11.6. The summed E-state index contributed by atoms with van der Waals surface area (Å²) in [6, 6.07) is 0. The topological polar surface area (TPSA) is 104 Å². The van der Waals surface area contributed by atoms with Gasteiger partial charge in [-0.15, -0.1) is 0 Å². The molecule has 0 bridgehead atoms. The summed E-state index contributed by atoms with van der Waals surface area (Å²) in [7, 11) is -1.90. The molecule has 0 aromatic rings. The molecule has 6 nitrogen and oxygen atoms in total. The normalized spacial score (nSPS) is 25.6. The van der Waals surface area contributed by atoms with Crippen molar-refractivity contribution in [1.82, 2.24) is 0 Å². The highest BCUT2D eigenvalue weighted by atomic mass is 28.4. The van der Waals surface area contributed by atoms with Gasteiger partial charge in [0, 0.05) is 6.10 Å². The summed E-state index contributed by atoms with van der Waals surface area (Å²) in [6.07, 6.45) is 2.60. The van der Waals surface area contributed by atoms with Crippen LogP contribution in [0.2, 0.25) is 18.1 Å². The van der Waals surface area contributed by atoms with Gasteiger partial charge in [-0.25, -0.2) is 4.79 Å². The number of hydrogen-bond acceptors (Lipinski definition) is 4. The van der Waals surface area contributed by atoms with Gasteiger partial charge in [-0.05, 0) is 55.7 Å². The predicted molar refractivity (Wildman–Crippen MR) is 103 cm³/mol. The first-order valence-electron chi connectivity index (χ1n) is 9.51. The molecule has 0 spiro atoms. The van der Waals surface area contributed by atoms with E-state index in [9.17, 15) is 24.9 Å². The molecule has 0 radical (unpaired) electrons. The minimum atomic E-state index is -2.26. The minimum absolute atomic E-state index is 0.0820. The van der Waals surface area contributed by atoms with Crippen LogP contribution in [-0.4, -0.2) is 47.3 Å². The van der Waals surface area contributed by atoms with Gasteiger partial charge < -0.3 is 19.7 Å². The molecule has 0 saturated heterocycles. The van der Waals surface area contributed by atoms with Gasteiger partial charge in [-0.2, -0.15) is 0 Å². The number of carboxylic acid groups (broad SMARTS) is 2. The second-order valence-corrected chi connectivity index (χ2v) is 14.3. The molecule has 7 heteroatoms. The maximum Gasteiger partial charge on any atom is 0.336 e. The fourth-order valence-electron chi connectivity index (χ4n) is 3.62. The van der Waals surface area contributed by atoms with Gasteiger partial charge in [0.2, 0.25) is 0 Å². The Labute approximate surface area is 158 Å². The van der Waals surface area contributed by atoms with E-state index >= 15 is 0 Å².